The number of hydrogen-bond donors (Lipinski definition) is 1. The minimum absolute atomic E-state index is 0.228. The molecule has 0 amide bonds. The average molecular weight is 288 g/mol. The summed E-state index contributed by atoms with van der Waals surface area (Å²) < 4.78 is 25.2. The number of nitrogens with one attached hydrogen (secondary N) is 1. The van der Waals surface area contributed by atoms with Gasteiger partial charge < -0.3 is 5.32 Å². The maximum Gasteiger partial charge on any atom is 0.213 e. The highest BCUT2D eigenvalue weighted by atomic mass is 32.2. The fraction of sp³-hybridized carbons (Fsp3) is 1.00. The van der Waals surface area contributed by atoms with Gasteiger partial charge in [0, 0.05) is 25.2 Å². The monoisotopic (exact) mass is 288 g/mol. The van der Waals surface area contributed by atoms with Gasteiger partial charge in [0.15, 0.2) is 0 Å². The summed E-state index contributed by atoms with van der Waals surface area (Å²) in [5, 5.41) is 3.75. The molecule has 0 spiro atoms. The molecule has 0 aromatic carbocycles. The van der Waals surface area contributed by atoms with E-state index in [1.165, 1.54) is 25.7 Å². The third-order valence-electron chi connectivity index (χ3n) is 4.70. The molecule has 0 bridgehead atoms. The summed E-state index contributed by atoms with van der Waals surface area (Å²) in [6, 6.07) is 1.18. The van der Waals surface area contributed by atoms with Gasteiger partial charge in [0.1, 0.15) is 0 Å². The Kier molecular flexibility index (Phi) is 5.26. The van der Waals surface area contributed by atoms with Crippen LogP contribution in [0.3, 0.4) is 0 Å². The lowest BCUT2D eigenvalue weighted by Gasteiger charge is -2.35. The molecule has 112 valence electrons. The molecule has 0 aromatic heterocycles. The van der Waals surface area contributed by atoms with E-state index in [0.717, 1.165) is 18.8 Å². The predicted octanol–water partition coefficient (Wildman–Crippen LogP) is 1.97. The van der Waals surface area contributed by atoms with Gasteiger partial charge in [-0.15, -0.1) is 0 Å². The van der Waals surface area contributed by atoms with Crippen LogP contribution in [0.5, 0.6) is 0 Å². The van der Waals surface area contributed by atoms with E-state index < -0.39 is 10.0 Å². The Morgan fingerprint density at radius 2 is 1.53 bits per heavy atom. The Bertz CT molecular complexity index is 367. The smallest absolute Gasteiger partial charge is 0.213 e. The molecule has 2 fully saturated rings. The summed E-state index contributed by atoms with van der Waals surface area (Å²) in [7, 11) is -2.98. The highest BCUT2D eigenvalue weighted by Crippen LogP contribution is 2.25. The van der Waals surface area contributed by atoms with Gasteiger partial charge >= 0.3 is 0 Å². The molecule has 1 saturated carbocycles. The van der Waals surface area contributed by atoms with Crippen LogP contribution in [-0.2, 0) is 10.0 Å². The fourth-order valence-electron chi connectivity index (χ4n) is 3.24. The molecule has 0 radical (unpaired) electrons. The molecule has 0 unspecified atom stereocenters. The van der Waals surface area contributed by atoms with Crippen molar-refractivity contribution in [2.75, 3.05) is 18.8 Å². The lowest BCUT2D eigenvalue weighted by molar-refractivity contribution is 0.236. The van der Waals surface area contributed by atoms with Gasteiger partial charge in [-0.1, -0.05) is 6.92 Å². The van der Waals surface area contributed by atoms with Crippen LogP contribution in [0.2, 0.25) is 0 Å². The van der Waals surface area contributed by atoms with Gasteiger partial charge in [-0.05, 0) is 51.4 Å². The van der Waals surface area contributed by atoms with Crippen LogP contribution in [0.4, 0.5) is 0 Å². The highest BCUT2D eigenvalue weighted by Gasteiger charge is 2.28. The second-order valence-electron chi connectivity index (χ2n) is 6.20. The molecule has 5 heteroatoms. The maximum atomic E-state index is 11.8. The summed E-state index contributed by atoms with van der Waals surface area (Å²) in [6.07, 6.45) is 7.17. The molecule has 2 aliphatic rings. The van der Waals surface area contributed by atoms with Crippen molar-refractivity contribution in [3.05, 3.63) is 0 Å². The van der Waals surface area contributed by atoms with Gasteiger partial charge in [0.25, 0.3) is 0 Å². The van der Waals surface area contributed by atoms with Crippen LogP contribution >= 0.6 is 0 Å². The first kappa shape index (κ1) is 15.3. The van der Waals surface area contributed by atoms with Crippen molar-refractivity contribution in [2.24, 2.45) is 5.92 Å². The minimum atomic E-state index is -2.98. The van der Waals surface area contributed by atoms with Crippen molar-refractivity contribution in [1.82, 2.24) is 9.62 Å². The number of rotatable bonds is 4. The summed E-state index contributed by atoms with van der Waals surface area (Å²) in [6.45, 7) is 5.45. The molecular formula is C14H28N2O2S. The van der Waals surface area contributed by atoms with Crippen LogP contribution < -0.4 is 5.32 Å². The first-order valence-electron chi connectivity index (χ1n) is 7.75. The van der Waals surface area contributed by atoms with Crippen LogP contribution in [0, 0.1) is 5.92 Å². The molecule has 2 rings (SSSR count). The van der Waals surface area contributed by atoms with E-state index in [2.05, 4.69) is 12.2 Å². The van der Waals surface area contributed by atoms with E-state index in [1.54, 1.807) is 11.2 Å². The quantitative estimate of drug-likeness (QED) is 0.860. The first-order valence-corrected chi connectivity index (χ1v) is 9.36. The SMILES string of the molecule is CCS(=O)(=O)N1CCC(NC2CCC(C)CC2)CC1. The van der Waals surface area contributed by atoms with Crippen LogP contribution in [0.15, 0.2) is 0 Å². The van der Waals surface area contributed by atoms with E-state index in [4.69, 9.17) is 0 Å². The Morgan fingerprint density at radius 1 is 1.00 bits per heavy atom. The van der Waals surface area contributed by atoms with E-state index >= 15 is 0 Å². The van der Waals surface area contributed by atoms with Crippen molar-refractivity contribution in [3.63, 3.8) is 0 Å². The normalized spacial score (nSPS) is 31.5. The third kappa shape index (κ3) is 4.17. The largest absolute Gasteiger partial charge is 0.311 e. The standard InChI is InChI=1S/C14H28N2O2S/c1-3-19(17,18)16-10-8-14(9-11-16)15-13-6-4-12(2)5-7-13/h12-15H,3-11H2,1-2H3. The molecule has 1 aliphatic carbocycles. The van der Waals surface area contributed by atoms with E-state index in [9.17, 15) is 8.42 Å². The maximum absolute atomic E-state index is 11.8. The van der Waals surface area contributed by atoms with Crippen LogP contribution in [0.25, 0.3) is 0 Å². The lowest BCUT2D eigenvalue weighted by atomic mass is 9.86. The van der Waals surface area contributed by atoms with Crippen molar-refractivity contribution >= 4 is 10.0 Å². The van der Waals surface area contributed by atoms with E-state index in [0.29, 0.717) is 25.2 Å². The average Bonchev–Trinajstić information content (AvgIpc) is 2.42. The summed E-state index contributed by atoms with van der Waals surface area (Å²) in [5.74, 6) is 1.11. The molecule has 1 aliphatic heterocycles. The summed E-state index contributed by atoms with van der Waals surface area (Å²) in [5.41, 5.74) is 0. The predicted molar refractivity (Wildman–Crippen MR) is 78.6 cm³/mol. The zero-order valence-corrected chi connectivity index (χ0v) is 13.1. The number of sulfonamides is 1. The first-order chi connectivity index (χ1) is 9.01. The Hall–Kier alpha value is -0.130. The number of piperidine rings is 1. The molecule has 1 N–H and O–H groups in total. The van der Waals surface area contributed by atoms with Gasteiger partial charge in [-0.2, -0.15) is 0 Å². The second kappa shape index (κ2) is 6.55. The van der Waals surface area contributed by atoms with E-state index in [1.807, 2.05) is 0 Å². The minimum Gasteiger partial charge on any atom is -0.311 e. The topological polar surface area (TPSA) is 49.4 Å². The van der Waals surface area contributed by atoms with Crippen molar-refractivity contribution in [1.29, 1.82) is 0 Å². The van der Waals surface area contributed by atoms with Crippen molar-refractivity contribution in [2.45, 2.75) is 64.5 Å². The van der Waals surface area contributed by atoms with Gasteiger partial charge in [0.2, 0.25) is 10.0 Å². The zero-order valence-electron chi connectivity index (χ0n) is 12.3. The molecular weight excluding hydrogens is 260 g/mol. The van der Waals surface area contributed by atoms with Crippen molar-refractivity contribution < 1.29 is 8.42 Å². The van der Waals surface area contributed by atoms with Gasteiger partial charge in [-0.25, -0.2) is 12.7 Å². The molecule has 1 heterocycles. The summed E-state index contributed by atoms with van der Waals surface area (Å²) in [4.78, 5) is 0. The fourth-order valence-corrected chi connectivity index (χ4v) is 4.38. The van der Waals surface area contributed by atoms with Crippen molar-refractivity contribution in [3.8, 4) is 0 Å². The molecule has 1 saturated heterocycles. The van der Waals surface area contributed by atoms with Gasteiger partial charge in [0.05, 0.1) is 5.75 Å². The second-order valence-corrected chi connectivity index (χ2v) is 8.45. The zero-order chi connectivity index (χ0) is 13.9. The van der Waals surface area contributed by atoms with Gasteiger partial charge in [-0.3, -0.25) is 0 Å². The Balaban J connectivity index is 1.75. The molecule has 0 aromatic rings. The Morgan fingerprint density at radius 3 is 2.05 bits per heavy atom. The molecule has 4 nitrogen and oxygen atoms in total. The molecule has 0 atom stereocenters. The highest BCUT2D eigenvalue weighted by molar-refractivity contribution is 7.89. The summed E-state index contributed by atoms with van der Waals surface area (Å²) >= 11 is 0. The van der Waals surface area contributed by atoms with Crippen LogP contribution in [0.1, 0.15) is 52.4 Å². The molecule has 19 heavy (non-hydrogen) atoms. The third-order valence-corrected chi connectivity index (χ3v) is 6.58. The number of nitrogens with zero attached hydrogens (tertiary/aromatic N) is 1. The Labute approximate surface area is 118 Å². The lowest BCUT2D eigenvalue weighted by Crippen LogP contribution is -2.48. The van der Waals surface area contributed by atoms with Crippen LogP contribution in [-0.4, -0.2) is 43.6 Å². The number of hydrogen-bond acceptors (Lipinski definition) is 3. The van der Waals surface area contributed by atoms with E-state index in [-0.39, 0.29) is 5.75 Å².